The SMILES string of the molecule is c1ccc(-n2c(-c3ccc(-c4cccc5c4sc4ccccc45)cc3-c3ccc4ccccc4c3)nc3ccccc32)cc1. The Morgan fingerprint density at radius 2 is 1.20 bits per heavy atom. The van der Waals surface area contributed by atoms with Crippen LogP contribution >= 0.6 is 11.3 Å². The molecule has 2 heterocycles. The summed E-state index contributed by atoms with van der Waals surface area (Å²) >= 11 is 1.87. The number of rotatable bonds is 4. The highest BCUT2D eigenvalue weighted by atomic mass is 32.1. The van der Waals surface area contributed by atoms with Gasteiger partial charge in [-0.3, -0.25) is 4.57 Å². The minimum atomic E-state index is 0.937. The standard InChI is InChI=1S/C41H26N2S/c1-2-13-31(14-3-1)43-38-19-8-7-18-37(38)42-41(43)35-24-23-30(26-36(35)29-22-21-27-11-4-5-12-28(27)25-29)32-16-10-17-34-33-15-6-9-20-39(33)44-40(32)34/h1-26H. The van der Waals surface area contributed by atoms with Crippen molar-refractivity contribution >= 4 is 53.3 Å². The van der Waals surface area contributed by atoms with Crippen LogP contribution in [0.1, 0.15) is 0 Å². The third-order valence-electron chi connectivity index (χ3n) is 8.61. The van der Waals surface area contributed by atoms with Crippen molar-refractivity contribution in [3.05, 3.63) is 158 Å². The van der Waals surface area contributed by atoms with Crippen LogP contribution in [0.4, 0.5) is 0 Å². The van der Waals surface area contributed by atoms with E-state index in [-0.39, 0.29) is 0 Å². The first kappa shape index (κ1) is 25.0. The Morgan fingerprint density at radius 3 is 2.14 bits per heavy atom. The monoisotopic (exact) mass is 578 g/mol. The molecule has 0 bridgehead atoms. The number of imidazole rings is 1. The van der Waals surface area contributed by atoms with E-state index in [2.05, 4.69) is 162 Å². The molecule has 0 atom stereocenters. The molecular weight excluding hydrogens is 553 g/mol. The number of thiophene rings is 1. The molecule has 0 aliphatic rings. The lowest BCUT2D eigenvalue weighted by molar-refractivity contribution is 1.10. The van der Waals surface area contributed by atoms with Crippen molar-refractivity contribution in [3.63, 3.8) is 0 Å². The van der Waals surface area contributed by atoms with Gasteiger partial charge in [0.25, 0.3) is 0 Å². The number of nitrogens with zero attached hydrogens (tertiary/aromatic N) is 2. The molecule has 0 spiro atoms. The molecule has 0 aliphatic carbocycles. The fourth-order valence-electron chi connectivity index (χ4n) is 6.52. The summed E-state index contributed by atoms with van der Waals surface area (Å²) in [6, 6.07) is 56.7. The van der Waals surface area contributed by atoms with Gasteiger partial charge in [-0.15, -0.1) is 11.3 Å². The van der Waals surface area contributed by atoms with Crippen LogP contribution in [-0.4, -0.2) is 9.55 Å². The molecule has 2 aromatic heterocycles. The van der Waals surface area contributed by atoms with Crippen molar-refractivity contribution in [1.29, 1.82) is 0 Å². The van der Waals surface area contributed by atoms with Gasteiger partial charge in [-0.2, -0.15) is 0 Å². The minimum Gasteiger partial charge on any atom is -0.292 e. The fraction of sp³-hybridized carbons (Fsp3) is 0. The first-order valence-electron chi connectivity index (χ1n) is 14.9. The van der Waals surface area contributed by atoms with Gasteiger partial charge < -0.3 is 0 Å². The molecule has 0 saturated heterocycles. The van der Waals surface area contributed by atoms with E-state index in [1.807, 2.05) is 11.3 Å². The van der Waals surface area contributed by atoms with Gasteiger partial charge >= 0.3 is 0 Å². The Labute approximate surface area is 259 Å². The first-order valence-corrected chi connectivity index (χ1v) is 15.7. The predicted octanol–water partition coefficient (Wildman–Crippen LogP) is 11.5. The molecule has 0 fully saturated rings. The first-order chi connectivity index (χ1) is 21.8. The number of hydrogen-bond donors (Lipinski definition) is 0. The number of aromatic nitrogens is 2. The van der Waals surface area contributed by atoms with E-state index in [9.17, 15) is 0 Å². The van der Waals surface area contributed by atoms with Gasteiger partial charge in [-0.1, -0.05) is 109 Å². The Balaban J connectivity index is 1.34. The number of benzene rings is 7. The summed E-state index contributed by atoms with van der Waals surface area (Å²) in [4.78, 5) is 5.25. The van der Waals surface area contributed by atoms with Crippen molar-refractivity contribution in [3.8, 4) is 39.3 Å². The summed E-state index contributed by atoms with van der Waals surface area (Å²) < 4.78 is 4.93. The maximum absolute atomic E-state index is 5.25. The molecule has 9 aromatic rings. The van der Waals surface area contributed by atoms with Crippen LogP contribution in [0.2, 0.25) is 0 Å². The molecule has 2 nitrogen and oxygen atoms in total. The Morgan fingerprint density at radius 1 is 0.477 bits per heavy atom. The van der Waals surface area contributed by atoms with Gasteiger partial charge in [-0.25, -0.2) is 4.98 Å². The average molecular weight is 579 g/mol. The van der Waals surface area contributed by atoms with E-state index in [0.29, 0.717) is 0 Å². The molecular formula is C41H26N2S. The van der Waals surface area contributed by atoms with Gasteiger partial charge in [0, 0.05) is 31.4 Å². The van der Waals surface area contributed by atoms with E-state index in [4.69, 9.17) is 4.98 Å². The van der Waals surface area contributed by atoms with Crippen LogP contribution in [0, 0.1) is 0 Å². The highest BCUT2D eigenvalue weighted by Gasteiger charge is 2.20. The third-order valence-corrected chi connectivity index (χ3v) is 9.83. The van der Waals surface area contributed by atoms with E-state index < -0.39 is 0 Å². The summed E-state index contributed by atoms with van der Waals surface area (Å²) in [5, 5.41) is 5.09. The smallest absolute Gasteiger partial charge is 0.146 e. The largest absolute Gasteiger partial charge is 0.292 e. The summed E-state index contributed by atoms with van der Waals surface area (Å²) in [5.74, 6) is 0.937. The van der Waals surface area contributed by atoms with Crippen LogP contribution in [0.25, 0.3) is 81.3 Å². The summed E-state index contributed by atoms with van der Waals surface area (Å²) in [6.07, 6.45) is 0. The average Bonchev–Trinajstić information content (AvgIpc) is 3.67. The molecule has 7 aromatic carbocycles. The van der Waals surface area contributed by atoms with Crippen molar-refractivity contribution in [2.45, 2.75) is 0 Å². The maximum Gasteiger partial charge on any atom is 0.146 e. The highest BCUT2D eigenvalue weighted by Crippen LogP contribution is 2.43. The van der Waals surface area contributed by atoms with E-state index in [0.717, 1.165) is 28.1 Å². The highest BCUT2D eigenvalue weighted by molar-refractivity contribution is 7.26. The second-order valence-electron chi connectivity index (χ2n) is 11.2. The second kappa shape index (κ2) is 10.0. The van der Waals surface area contributed by atoms with Crippen molar-refractivity contribution in [1.82, 2.24) is 9.55 Å². The molecule has 3 heteroatoms. The van der Waals surface area contributed by atoms with Gasteiger partial charge in [-0.05, 0) is 81.6 Å². The predicted molar refractivity (Wildman–Crippen MR) is 188 cm³/mol. The lowest BCUT2D eigenvalue weighted by Crippen LogP contribution is -1.99. The van der Waals surface area contributed by atoms with Gasteiger partial charge in [0.15, 0.2) is 0 Å². The zero-order valence-corrected chi connectivity index (χ0v) is 24.6. The molecule has 0 amide bonds. The topological polar surface area (TPSA) is 17.8 Å². The van der Waals surface area contributed by atoms with Gasteiger partial charge in [0.2, 0.25) is 0 Å². The molecule has 0 N–H and O–H groups in total. The number of hydrogen-bond acceptors (Lipinski definition) is 2. The fourth-order valence-corrected chi connectivity index (χ4v) is 7.76. The van der Waals surface area contributed by atoms with Crippen LogP contribution in [0.3, 0.4) is 0 Å². The Kier molecular flexibility index (Phi) is 5.71. The summed E-state index contributed by atoms with van der Waals surface area (Å²) in [5.41, 5.74) is 9.08. The lowest BCUT2D eigenvalue weighted by Gasteiger charge is -2.16. The molecule has 0 radical (unpaired) electrons. The second-order valence-corrected chi connectivity index (χ2v) is 12.3. The Bertz CT molecular complexity index is 2500. The lowest BCUT2D eigenvalue weighted by atomic mass is 9.92. The normalized spacial score (nSPS) is 11.6. The third kappa shape index (κ3) is 3.98. The molecule has 9 rings (SSSR count). The maximum atomic E-state index is 5.25. The van der Waals surface area contributed by atoms with Gasteiger partial charge in [0.05, 0.1) is 11.0 Å². The van der Waals surface area contributed by atoms with Crippen LogP contribution in [0.15, 0.2) is 158 Å². The van der Waals surface area contributed by atoms with Crippen molar-refractivity contribution in [2.75, 3.05) is 0 Å². The van der Waals surface area contributed by atoms with Crippen LogP contribution in [0.5, 0.6) is 0 Å². The molecule has 0 unspecified atom stereocenters. The number of para-hydroxylation sites is 3. The van der Waals surface area contributed by atoms with E-state index in [1.54, 1.807) is 0 Å². The number of fused-ring (bicyclic) bond motifs is 5. The summed E-state index contributed by atoms with van der Waals surface area (Å²) in [6.45, 7) is 0. The molecule has 0 saturated carbocycles. The van der Waals surface area contributed by atoms with E-state index in [1.165, 1.54) is 53.2 Å². The Hall–Kier alpha value is -5.51. The van der Waals surface area contributed by atoms with Crippen molar-refractivity contribution < 1.29 is 0 Å². The van der Waals surface area contributed by atoms with Crippen LogP contribution < -0.4 is 0 Å². The quantitative estimate of drug-likeness (QED) is 0.203. The molecule has 44 heavy (non-hydrogen) atoms. The molecule has 0 aliphatic heterocycles. The molecule has 206 valence electrons. The minimum absolute atomic E-state index is 0.937. The summed E-state index contributed by atoms with van der Waals surface area (Å²) in [7, 11) is 0. The zero-order valence-electron chi connectivity index (χ0n) is 23.8. The van der Waals surface area contributed by atoms with Crippen molar-refractivity contribution in [2.24, 2.45) is 0 Å². The van der Waals surface area contributed by atoms with Crippen LogP contribution in [-0.2, 0) is 0 Å². The van der Waals surface area contributed by atoms with E-state index >= 15 is 0 Å². The zero-order chi connectivity index (χ0) is 29.0. The van der Waals surface area contributed by atoms with Gasteiger partial charge in [0.1, 0.15) is 5.82 Å².